The number of aliphatic hydroxyl groups excluding tert-OH is 1. The lowest BCUT2D eigenvalue weighted by Crippen LogP contribution is -2.33. The molecule has 7 nitrogen and oxygen atoms in total. The van der Waals surface area contributed by atoms with Gasteiger partial charge in [-0.05, 0) is 12.1 Å². The van der Waals surface area contributed by atoms with Gasteiger partial charge in [-0.2, -0.15) is 0 Å². The smallest absolute Gasteiger partial charge is 0.390 e. The summed E-state index contributed by atoms with van der Waals surface area (Å²) in [5.41, 5.74) is 0. The van der Waals surface area contributed by atoms with Crippen molar-refractivity contribution < 1.29 is 29.0 Å². The highest BCUT2D eigenvalue weighted by Gasteiger charge is 2.26. The van der Waals surface area contributed by atoms with Gasteiger partial charge < -0.3 is 19.6 Å². The van der Waals surface area contributed by atoms with Gasteiger partial charge in [-0.15, -0.1) is 0 Å². The molecule has 19 heavy (non-hydrogen) atoms. The van der Waals surface area contributed by atoms with Crippen LogP contribution in [0.15, 0.2) is 30.3 Å². The van der Waals surface area contributed by atoms with Crippen LogP contribution in [0.25, 0.3) is 0 Å². The van der Waals surface area contributed by atoms with E-state index in [-0.39, 0.29) is 18.9 Å². The minimum Gasteiger partial charge on any atom is -0.480 e. The van der Waals surface area contributed by atoms with E-state index in [2.05, 4.69) is 0 Å². The Kier molecular flexibility index (Phi) is 5.98. The molecule has 0 radical (unpaired) electrons. The van der Waals surface area contributed by atoms with Gasteiger partial charge in [-0.1, -0.05) is 18.2 Å². The zero-order valence-corrected chi connectivity index (χ0v) is 11.1. The molecule has 0 saturated carbocycles. The molecule has 1 aromatic rings. The van der Waals surface area contributed by atoms with Crippen LogP contribution in [0.5, 0.6) is 5.75 Å². The lowest BCUT2D eigenvalue weighted by atomic mass is 10.3. The number of aliphatic carboxylic acids is 1. The molecule has 0 aromatic heterocycles. The van der Waals surface area contributed by atoms with Crippen molar-refractivity contribution in [2.45, 2.75) is 0 Å². The Morgan fingerprint density at radius 2 is 1.95 bits per heavy atom. The number of hydrogen-bond donors (Lipinski definition) is 3. The molecule has 1 unspecified atom stereocenters. The molecule has 0 heterocycles. The van der Waals surface area contributed by atoms with Crippen molar-refractivity contribution in [3.05, 3.63) is 30.3 Å². The fraction of sp³-hybridized carbons (Fsp3) is 0.364. The van der Waals surface area contributed by atoms with Crippen molar-refractivity contribution in [1.82, 2.24) is 4.90 Å². The Morgan fingerprint density at radius 1 is 1.32 bits per heavy atom. The van der Waals surface area contributed by atoms with E-state index in [1.807, 2.05) is 0 Å². The largest absolute Gasteiger partial charge is 0.480 e. The average molecular weight is 289 g/mol. The Labute approximate surface area is 110 Å². The molecular formula is C11H16NO6P. The maximum absolute atomic E-state index is 11.9. The molecule has 0 bridgehead atoms. The monoisotopic (exact) mass is 289 g/mol. The van der Waals surface area contributed by atoms with Crippen LogP contribution in [-0.2, 0) is 9.36 Å². The molecule has 0 aliphatic heterocycles. The molecule has 0 aliphatic carbocycles. The van der Waals surface area contributed by atoms with Gasteiger partial charge in [0.1, 0.15) is 12.0 Å². The molecule has 0 spiro atoms. The highest BCUT2D eigenvalue weighted by molar-refractivity contribution is 7.53. The number of carbonyl (C=O) groups is 1. The number of aliphatic hydroxyl groups is 1. The Bertz CT molecular complexity index is 452. The summed E-state index contributed by atoms with van der Waals surface area (Å²) < 4.78 is 16.8. The zero-order chi connectivity index (χ0) is 14.3. The maximum Gasteiger partial charge on any atom is 0.390 e. The van der Waals surface area contributed by atoms with Crippen molar-refractivity contribution in [2.24, 2.45) is 0 Å². The van der Waals surface area contributed by atoms with Gasteiger partial charge in [0.25, 0.3) is 0 Å². The Hall–Kier alpha value is -1.40. The van der Waals surface area contributed by atoms with Crippen LogP contribution in [0.2, 0.25) is 0 Å². The summed E-state index contributed by atoms with van der Waals surface area (Å²) >= 11 is 0. The standard InChI is InChI=1S/C11H16NO6P/c13-7-6-12(8-11(14)15)9-19(16,17)18-10-4-2-1-3-5-10/h1-5,13H,6-9H2,(H,14,15)(H,16,17). The maximum atomic E-state index is 11.9. The Balaban J connectivity index is 2.65. The fourth-order valence-corrected chi connectivity index (χ4v) is 2.72. The summed E-state index contributed by atoms with van der Waals surface area (Å²) in [5, 5.41) is 17.5. The average Bonchev–Trinajstić information content (AvgIpc) is 2.28. The van der Waals surface area contributed by atoms with Crippen molar-refractivity contribution >= 4 is 13.6 Å². The van der Waals surface area contributed by atoms with E-state index >= 15 is 0 Å². The molecule has 1 aromatic carbocycles. The molecule has 3 N–H and O–H groups in total. The van der Waals surface area contributed by atoms with Crippen LogP contribution in [0.3, 0.4) is 0 Å². The Morgan fingerprint density at radius 3 is 2.47 bits per heavy atom. The van der Waals surface area contributed by atoms with Crippen LogP contribution in [0, 0.1) is 0 Å². The number of carboxylic acids is 1. The third kappa shape index (κ3) is 6.35. The highest BCUT2D eigenvalue weighted by Crippen LogP contribution is 2.42. The summed E-state index contributed by atoms with van der Waals surface area (Å²) in [7, 11) is -4.01. The third-order valence-corrected chi connectivity index (χ3v) is 3.40. The van der Waals surface area contributed by atoms with Crippen molar-refractivity contribution in [3.8, 4) is 5.75 Å². The predicted octanol–water partition coefficient (Wildman–Crippen LogP) is 0.587. The van der Waals surface area contributed by atoms with Gasteiger partial charge in [-0.3, -0.25) is 9.69 Å². The van der Waals surface area contributed by atoms with E-state index in [1.165, 1.54) is 12.1 Å². The number of rotatable bonds is 8. The minimum absolute atomic E-state index is 0.0188. The first-order valence-corrected chi connectivity index (χ1v) is 7.31. The number of carboxylic acid groups (broad SMARTS) is 1. The number of para-hydroxylation sites is 1. The van der Waals surface area contributed by atoms with Crippen molar-refractivity contribution in [3.63, 3.8) is 0 Å². The molecule has 0 amide bonds. The molecule has 1 atom stereocenters. The van der Waals surface area contributed by atoms with E-state index in [4.69, 9.17) is 14.7 Å². The quantitative estimate of drug-likeness (QED) is 0.601. The predicted molar refractivity (Wildman–Crippen MR) is 68.1 cm³/mol. The van der Waals surface area contributed by atoms with E-state index in [1.54, 1.807) is 18.2 Å². The molecule has 1 rings (SSSR count). The lowest BCUT2D eigenvalue weighted by molar-refractivity contribution is -0.138. The van der Waals surface area contributed by atoms with Gasteiger partial charge >= 0.3 is 13.6 Å². The van der Waals surface area contributed by atoms with Crippen LogP contribution in [0.1, 0.15) is 0 Å². The first kappa shape index (κ1) is 15.7. The molecule has 0 fully saturated rings. The summed E-state index contributed by atoms with van der Waals surface area (Å²) in [6, 6.07) is 8.08. The summed E-state index contributed by atoms with van der Waals surface area (Å²) in [6.45, 7) is -0.767. The van der Waals surface area contributed by atoms with E-state index in [9.17, 15) is 14.3 Å². The van der Waals surface area contributed by atoms with Crippen LogP contribution in [0.4, 0.5) is 0 Å². The lowest BCUT2D eigenvalue weighted by Gasteiger charge is -2.22. The molecule has 8 heteroatoms. The topological polar surface area (TPSA) is 107 Å². The molecule has 0 saturated heterocycles. The SMILES string of the molecule is O=C(O)CN(CCO)CP(=O)(O)Oc1ccccc1. The number of benzene rings is 1. The van der Waals surface area contributed by atoms with Gasteiger partial charge in [-0.25, -0.2) is 4.57 Å². The van der Waals surface area contributed by atoms with E-state index < -0.39 is 26.4 Å². The summed E-state index contributed by atoms with van der Waals surface area (Å²) in [4.78, 5) is 21.4. The number of nitrogens with zero attached hydrogens (tertiary/aromatic N) is 1. The summed E-state index contributed by atoms with van der Waals surface area (Å²) in [5.74, 6) is -0.916. The molecule has 0 aliphatic rings. The molecule has 106 valence electrons. The van der Waals surface area contributed by atoms with Crippen LogP contribution < -0.4 is 4.52 Å². The summed E-state index contributed by atoms with van der Waals surface area (Å²) in [6.07, 6.45) is -0.464. The van der Waals surface area contributed by atoms with Crippen LogP contribution in [-0.4, -0.2) is 52.0 Å². The first-order chi connectivity index (χ1) is 8.93. The highest BCUT2D eigenvalue weighted by atomic mass is 31.2. The molecular weight excluding hydrogens is 273 g/mol. The first-order valence-electron chi connectivity index (χ1n) is 5.54. The van der Waals surface area contributed by atoms with Gasteiger partial charge in [0.15, 0.2) is 0 Å². The van der Waals surface area contributed by atoms with E-state index in [0.717, 1.165) is 4.90 Å². The fourth-order valence-electron chi connectivity index (χ4n) is 1.46. The zero-order valence-electron chi connectivity index (χ0n) is 10.2. The second-order valence-electron chi connectivity index (χ2n) is 3.85. The third-order valence-electron chi connectivity index (χ3n) is 2.15. The van der Waals surface area contributed by atoms with Crippen molar-refractivity contribution in [1.29, 1.82) is 0 Å². The second kappa shape index (κ2) is 7.25. The van der Waals surface area contributed by atoms with Crippen molar-refractivity contribution in [2.75, 3.05) is 26.0 Å². The normalized spacial score (nSPS) is 14.1. The second-order valence-corrected chi connectivity index (χ2v) is 5.59. The number of hydrogen-bond acceptors (Lipinski definition) is 5. The van der Waals surface area contributed by atoms with Crippen LogP contribution >= 0.6 is 7.60 Å². The van der Waals surface area contributed by atoms with E-state index in [0.29, 0.717) is 0 Å². The van der Waals surface area contributed by atoms with Gasteiger partial charge in [0, 0.05) is 6.54 Å². The van der Waals surface area contributed by atoms with Gasteiger partial charge in [0.2, 0.25) is 0 Å². The van der Waals surface area contributed by atoms with Gasteiger partial charge in [0.05, 0.1) is 13.2 Å². The minimum atomic E-state index is -4.01.